The summed E-state index contributed by atoms with van der Waals surface area (Å²) in [5, 5.41) is 3.36. The van der Waals surface area contributed by atoms with Crippen molar-refractivity contribution in [3.63, 3.8) is 0 Å². The number of para-hydroxylation sites is 1. The van der Waals surface area contributed by atoms with Crippen molar-refractivity contribution in [1.29, 1.82) is 0 Å². The molecule has 2 aliphatic rings. The van der Waals surface area contributed by atoms with Crippen LogP contribution in [0.2, 0.25) is 0 Å². The molecule has 0 bridgehead atoms. The van der Waals surface area contributed by atoms with Gasteiger partial charge in [-0.05, 0) is 38.3 Å². The summed E-state index contributed by atoms with van der Waals surface area (Å²) in [5.74, 6) is 0.995. The van der Waals surface area contributed by atoms with Crippen LogP contribution < -0.4 is 10.1 Å². The minimum Gasteiger partial charge on any atom is -0.491 e. The lowest BCUT2D eigenvalue weighted by Crippen LogP contribution is -2.27. The maximum absolute atomic E-state index is 6.31. The molecule has 1 saturated carbocycles. The Morgan fingerprint density at radius 3 is 2.86 bits per heavy atom. The van der Waals surface area contributed by atoms with E-state index in [0.29, 0.717) is 6.61 Å². The first-order valence-corrected chi connectivity index (χ1v) is 8.40. The molecule has 0 aromatic heterocycles. The first kappa shape index (κ1) is 14.9. The molecule has 1 heterocycles. The van der Waals surface area contributed by atoms with Gasteiger partial charge in [0.2, 0.25) is 0 Å². The molecule has 1 aliphatic carbocycles. The van der Waals surface area contributed by atoms with Crippen LogP contribution in [-0.4, -0.2) is 24.9 Å². The molecular weight excluding hydrogens is 262 g/mol. The number of benzene rings is 1. The average Bonchev–Trinajstić information content (AvgIpc) is 3.14. The summed E-state index contributed by atoms with van der Waals surface area (Å²) in [6.45, 7) is 4.65. The Morgan fingerprint density at radius 2 is 2.05 bits per heavy atom. The van der Waals surface area contributed by atoms with Crippen molar-refractivity contribution < 1.29 is 9.47 Å². The summed E-state index contributed by atoms with van der Waals surface area (Å²) < 4.78 is 12.4. The Morgan fingerprint density at radius 1 is 1.24 bits per heavy atom. The van der Waals surface area contributed by atoms with E-state index in [9.17, 15) is 0 Å². The Labute approximate surface area is 128 Å². The van der Waals surface area contributed by atoms with Gasteiger partial charge in [0.25, 0.3) is 0 Å². The number of rotatable bonds is 6. The first-order valence-electron chi connectivity index (χ1n) is 8.40. The fourth-order valence-electron chi connectivity index (χ4n) is 3.63. The molecule has 1 spiro atoms. The highest BCUT2D eigenvalue weighted by atomic mass is 16.6. The SMILES string of the molecule is CCNCc1ccccc1OCC1CCC2(CCCC2)O1. The van der Waals surface area contributed by atoms with E-state index in [0.717, 1.165) is 25.3 Å². The third kappa shape index (κ3) is 3.58. The van der Waals surface area contributed by atoms with Crippen LogP contribution in [0.1, 0.15) is 51.0 Å². The molecule has 1 aromatic carbocycles. The predicted molar refractivity (Wildman–Crippen MR) is 84.6 cm³/mol. The van der Waals surface area contributed by atoms with E-state index >= 15 is 0 Å². The van der Waals surface area contributed by atoms with Crippen LogP contribution in [-0.2, 0) is 11.3 Å². The lowest BCUT2D eigenvalue weighted by molar-refractivity contribution is -0.0509. The summed E-state index contributed by atoms with van der Waals surface area (Å²) in [6, 6.07) is 8.30. The third-order valence-corrected chi connectivity index (χ3v) is 4.82. The second-order valence-electron chi connectivity index (χ2n) is 6.37. The van der Waals surface area contributed by atoms with Gasteiger partial charge in [-0.2, -0.15) is 0 Å². The van der Waals surface area contributed by atoms with E-state index in [2.05, 4.69) is 30.4 Å². The maximum Gasteiger partial charge on any atom is 0.123 e. The second-order valence-corrected chi connectivity index (χ2v) is 6.37. The first-order chi connectivity index (χ1) is 10.3. The number of hydrogen-bond acceptors (Lipinski definition) is 3. The molecule has 21 heavy (non-hydrogen) atoms. The second kappa shape index (κ2) is 6.80. The minimum absolute atomic E-state index is 0.206. The highest BCUT2D eigenvalue weighted by Gasteiger charge is 2.42. The smallest absolute Gasteiger partial charge is 0.123 e. The summed E-state index contributed by atoms with van der Waals surface area (Å²) in [4.78, 5) is 0. The molecular formula is C18H27NO2. The molecule has 0 amide bonds. The zero-order valence-electron chi connectivity index (χ0n) is 13.1. The minimum atomic E-state index is 0.206. The van der Waals surface area contributed by atoms with Crippen LogP contribution in [0.4, 0.5) is 0 Å². The number of nitrogens with one attached hydrogen (secondary N) is 1. The van der Waals surface area contributed by atoms with Crippen molar-refractivity contribution in [2.24, 2.45) is 0 Å². The lowest BCUT2D eigenvalue weighted by Gasteiger charge is -2.24. The quantitative estimate of drug-likeness (QED) is 0.867. The van der Waals surface area contributed by atoms with Gasteiger partial charge in [0, 0.05) is 12.1 Å². The van der Waals surface area contributed by atoms with Gasteiger partial charge in [0.15, 0.2) is 0 Å². The van der Waals surface area contributed by atoms with Crippen LogP contribution in [0.5, 0.6) is 5.75 Å². The van der Waals surface area contributed by atoms with Gasteiger partial charge in [-0.3, -0.25) is 0 Å². The Balaban J connectivity index is 1.53. The summed E-state index contributed by atoms with van der Waals surface area (Å²) >= 11 is 0. The highest BCUT2D eigenvalue weighted by Crippen LogP contribution is 2.43. The summed E-state index contributed by atoms with van der Waals surface area (Å²) in [7, 11) is 0. The zero-order chi connectivity index (χ0) is 14.5. The standard InChI is InChI=1S/C18H27NO2/c1-2-19-13-15-7-3-4-8-17(15)20-14-16-9-12-18(21-16)10-5-6-11-18/h3-4,7-8,16,19H,2,5-6,9-14H2,1H3. The van der Waals surface area contributed by atoms with Crippen molar-refractivity contribution in [1.82, 2.24) is 5.32 Å². The zero-order valence-corrected chi connectivity index (χ0v) is 13.1. The number of ether oxygens (including phenoxy) is 2. The monoisotopic (exact) mass is 289 g/mol. The molecule has 116 valence electrons. The third-order valence-electron chi connectivity index (χ3n) is 4.82. The highest BCUT2D eigenvalue weighted by molar-refractivity contribution is 5.33. The van der Waals surface area contributed by atoms with Crippen molar-refractivity contribution in [3.05, 3.63) is 29.8 Å². The Hall–Kier alpha value is -1.06. The molecule has 1 aliphatic heterocycles. The topological polar surface area (TPSA) is 30.5 Å². The molecule has 3 nitrogen and oxygen atoms in total. The van der Waals surface area contributed by atoms with Crippen molar-refractivity contribution in [2.75, 3.05) is 13.2 Å². The van der Waals surface area contributed by atoms with E-state index in [1.54, 1.807) is 0 Å². The molecule has 3 rings (SSSR count). The fraction of sp³-hybridized carbons (Fsp3) is 0.667. The maximum atomic E-state index is 6.31. The van der Waals surface area contributed by atoms with Crippen LogP contribution in [0.25, 0.3) is 0 Å². The largest absolute Gasteiger partial charge is 0.491 e. The van der Waals surface area contributed by atoms with Crippen LogP contribution in [0.15, 0.2) is 24.3 Å². The lowest BCUT2D eigenvalue weighted by atomic mass is 9.98. The van der Waals surface area contributed by atoms with E-state index in [1.807, 2.05) is 6.07 Å². The fourth-order valence-corrected chi connectivity index (χ4v) is 3.63. The van der Waals surface area contributed by atoms with Gasteiger partial charge in [-0.25, -0.2) is 0 Å². The van der Waals surface area contributed by atoms with E-state index in [-0.39, 0.29) is 11.7 Å². The van der Waals surface area contributed by atoms with Gasteiger partial charge in [0.1, 0.15) is 12.4 Å². The van der Waals surface area contributed by atoms with Crippen molar-refractivity contribution >= 4 is 0 Å². The normalized spacial score (nSPS) is 23.8. The van der Waals surface area contributed by atoms with E-state index in [1.165, 1.54) is 37.7 Å². The molecule has 1 atom stereocenters. The van der Waals surface area contributed by atoms with Gasteiger partial charge >= 0.3 is 0 Å². The van der Waals surface area contributed by atoms with Crippen molar-refractivity contribution in [3.8, 4) is 5.75 Å². The average molecular weight is 289 g/mol. The summed E-state index contributed by atoms with van der Waals surface area (Å²) in [6.07, 6.45) is 7.81. The Bertz CT molecular complexity index is 454. The molecule has 3 heteroatoms. The summed E-state index contributed by atoms with van der Waals surface area (Å²) in [5.41, 5.74) is 1.44. The molecule has 1 N–H and O–H groups in total. The molecule has 0 radical (unpaired) electrons. The Kier molecular flexibility index (Phi) is 4.81. The van der Waals surface area contributed by atoms with Crippen LogP contribution in [0.3, 0.4) is 0 Å². The molecule has 1 aromatic rings. The van der Waals surface area contributed by atoms with Gasteiger partial charge in [-0.15, -0.1) is 0 Å². The molecule has 1 saturated heterocycles. The van der Waals surface area contributed by atoms with E-state index in [4.69, 9.17) is 9.47 Å². The van der Waals surface area contributed by atoms with Crippen LogP contribution in [0, 0.1) is 0 Å². The van der Waals surface area contributed by atoms with Gasteiger partial charge < -0.3 is 14.8 Å². The number of hydrogen-bond donors (Lipinski definition) is 1. The predicted octanol–water partition coefficient (Wildman–Crippen LogP) is 3.67. The van der Waals surface area contributed by atoms with Gasteiger partial charge in [0.05, 0.1) is 11.7 Å². The van der Waals surface area contributed by atoms with Crippen LogP contribution >= 0.6 is 0 Å². The molecule has 1 unspecified atom stereocenters. The van der Waals surface area contributed by atoms with Gasteiger partial charge in [-0.1, -0.05) is 38.0 Å². The van der Waals surface area contributed by atoms with E-state index < -0.39 is 0 Å². The molecule has 2 fully saturated rings. The van der Waals surface area contributed by atoms with Crippen molar-refractivity contribution in [2.45, 2.75) is 63.7 Å².